The minimum atomic E-state index is 0.677. The molecule has 1 aromatic carbocycles. The lowest BCUT2D eigenvalue weighted by Gasteiger charge is -2.02. The van der Waals surface area contributed by atoms with Gasteiger partial charge in [-0.15, -0.1) is 5.10 Å². The van der Waals surface area contributed by atoms with Crippen molar-refractivity contribution < 1.29 is 0 Å². The normalized spacial score (nSPS) is 13.6. The minimum absolute atomic E-state index is 0.677. The smallest absolute Gasteiger partial charge is 0.179 e. The summed E-state index contributed by atoms with van der Waals surface area (Å²) in [6.45, 7) is 0. The first-order chi connectivity index (χ1) is 7.95. The summed E-state index contributed by atoms with van der Waals surface area (Å²) in [6.07, 6.45) is 4.93. The van der Waals surface area contributed by atoms with Crippen molar-refractivity contribution in [3.8, 4) is 11.4 Å². The van der Waals surface area contributed by atoms with Crippen molar-refractivity contribution in [3.63, 3.8) is 0 Å². The third-order valence-corrected chi connectivity index (χ3v) is 2.25. The lowest BCUT2D eigenvalue weighted by Crippen LogP contribution is -2.11. The van der Waals surface area contributed by atoms with Gasteiger partial charge in [-0.05, 0) is 0 Å². The molecule has 0 atom stereocenters. The van der Waals surface area contributed by atoms with E-state index in [9.17, 15) is 0 Å². The van der Waals surface area contributed by atoms with Crippen LogP contribution in [-0.2, 0) is 0 Å². The highest BCUT2D eigenvalue weighted by Crippen LogP contribution is 2.15. The molecule has 0 amide bonds. The Morgan fingerprint density at radius 3 is 2.69 bits per heavy atom. The summed E-state index contributed by atoms with van der Waals surface area (Å²) < 4.78 is 1.67. The number of benzene rings is 1. The van der Waals surface area contributed by atoms with E-state index in [4.69, 9.17) is 0 Å². The van der Waals surface area contributed by atoms with E-state index in [1.807, 2.05) is 30.3 Å². The fraction of sp³-hybridized carbons (Fsp3) is 0. The summed E-state index contributed by atoms with van der Waals surface area (Å²) in [5.41, 5.74) is 4.78. The van der Waals surface area contributed by atoms with E-state index in [-0.39, 0.29) is 0 Å². The quantitative estimate of drug-likeness (QED) is 0.711. The zero-order valence-corrected chi connectivity index (χ0v) is 8.35. The number of aromatic nitrogens is 3. The first-order valence-electron chi connectivity index (χ1n) is 4.85. The van der Waals surface area contributed by atoms with Crippen LogP contribution in [0.1, 0.15) is 0 Å². The highest BCUT2D eigenvalue weighted by Gasteiger charge is 2.12. The van der Waals surface area contributed by atoms with Gasteiger partial charge in [-0.2, -0.15) is 15.2 Å². The van der Waals surface area contributed by atoms with Gasteiger partial charge < -0.3 is 0 Å². The standard InChI is InChI=1S/C11H8N5/c1-2-4-9(5-3-1)11-12-8-14-16(11)10-6-7-13-15-10/h1-8H. The molecule has 77 valence electrons. The maximum atomic E-state index is 4.23. The van der Waals surface area contributed by atoms with Gasteiger partial charge in [-0.1, -0.05) is 30.3 Å². The number of nitrogens with zero attached hydrogens (tertiary/aromatic N) is 5. The van der Waals surface area contributed by atoms with Crippen LogP contribution < -0.4 is 5.43 Å². The Labute approximate surface area is 92.1 Å². The zero-order valence-electron chi connectivity index (χ0n) is 8.35. The van der Waals surface area contributed by atoms with Crippen LogP contribution in [-0.4, -0.2) is 20.6 Å². The van der Waals surface area contributed by atoms with Crippen molar-refractivity contribution >= 4 is 5.84 Å². The Kier molecular flexibility index (Phi) is 2.00. The van der Waals surface area contributed by atoms with E-state index in [1.54, 1.807) is 17.0 Å². The summed E-state index contributed by atoms with van der Waals surface area (Å²) in [5.74, 6) is 1.44. The van der Waals surface area contributed by atoms with Crippen molar-refractivity contribution in [1.29, 1.82) is 0 Å². The topological polar surface area (TPSA) is 57.2 Å². The average Bonchev–Trinajstić information content (AvgIpc) is 3.01. The zero-order chi connectivity index (χ0) is 10.8. The summed E-state index contributed by atoms with van der Waals surface area (Å²) in [5, 5.41) is 8.09. The Morgan fingerprint density at radius 2 is 1.94 bits per heavy atom. The van der Waals surface area contributed by atoms with Crippen molar-refractivity contribution in [2.45, 2.75) is 0 Å². The van der Waals surface area contributed by atoms with E-state index >= 15 is 0 Å². The number of allylic oxidation sites excluding steroid dienone is 1. The van der Waals surface area contributed by atoms with Crippen molar-refractivity contribution in [2.75, 3.05) is 0 Å². The molecule has 0 spiro atoms. The summed E-state index contributed by atoms with van der Waals surface area (Å²) in [7, 11) is 0. The van der Waals surface area contributed by atoms with E-state index in [2.05, 4.69) is 20.6 Å². The van der Waals surface area contributed by atoms with Gasteiger partial charge in [0.05, 0.1) is 6.20 Å². The van der Waals surface area contributed by atoms with Crippen LogP contribution in [0.15, 0.2) is 54.0 Å². The fourth-order valence-corrected chi connectivity index (χ4v) is 1.53. The van der Waals surface area contributed by atoms with Gasteiger partial charge in [-0.25, -0.2) is 4.98 Å². The molecular formula is C11H8N5. The second-order valence-corrected chi connectivity index (χ2v) is 3.25. The van der Waals surface area contributed by atoms with Crippen molar-refractivity contribution in [1.82, 2.24) is 20.2 Å². The largest absolute Gasteiger partial charge is 0.215 e. The molecule has 0 saturated heterocycles. The molecule has 1 aliphatic rings. The van der Waals surface area contributed by atoms with Crippen molar-refractivity contribution in [3.05, 3.63) is 48.9 Å². The van der Waals surface area contributed by atoms with Crippen LogP contribution in [0.5, 0.6) is 0 Å². The predicted octanol–water partition coefficient (Wildman–Crippen LogP) is 1.24. The van der Waals surface area contributed by atoms with Crippen LogP contribution in [0, 0.1) is 0 Å². The Hall–Kier alpha value is -2.43. The number of hydrogen-bond donors (Lipinski definition) is 0. The second-order valence-electron chi connectivity index (χ2n) is 3.25. The average molecular weight is 210 g/mol. The number of rotatable bonds is 1. The maximum Gasteiger partial charge on any atom is 0.179 e. The first kappa shape index (κ1) is 8.84. The van der Waals surface area contributed by atoms with Gasteiger partial charge in [0.1, 0.15) is 6.33 Å². The Bertz CT molecular complexity index is 553. The molecule has 5 nitrogen and oxygen atoms in total. The van der Waals surface area contributed by atoms with E-state index in [1.165, 1.54) is 6.33 Å². The van der Waals surface area contributed by atoms with Crippen molar-refractivity contribution in [2.24, 2.45) is 5.10 Å². The Morgan fingerprint density at radius 1 is 1.06 bits per heavy atom. The molecule has 0 bridgehead atoms. The maximum absolute atomic E-state index is 4.23. The molecule has 1 aliphatic heterocycles. The van der Waals surface area contributed by atoms with Crippen LogP contribution in [0.4, 0.5) is 0 Å². The van der Waals surface area contributed by atoms with Crippen LogP contribution >= 0.6 is 0 Å². The molecule has 1 aromatic heterocycles. The highest BCUT2D eigenvalue weighted by atomic mass is 15.4. The molecule has 5 heteroatoms. The fourth-order valence-electron chi connectivity index (χ4n) is 1.53. The summed E-state index contributed by atoms with van der Waals surface area (Å²) in [6, 6.07) is 9.86. The molecule has 0 fully saturated rings. The molecule has 2 aromatic rings. The van der Waals surface area contributed by atoms with Gasteiger partial charge in [-0.3, -0.25) is 0 Å². The second kappa shape index (κ2) is 3.62. The summed E-state index contributed by atoms with van der Waals surface area (Å²) >= 11 is 0. The van der Waals surface area contributed by atoms with E-state index in [0.29, 0.717) is 5.84 Å². The highest BCUT2D eigenvalue weighted by molar-refractivity contribution is 5.97. The van der Waals surface area contributed by atoms with Gasteiger partial charge in [0.15, 0.2) is 11.7 Å². The molecule has 0 saturated carbocycles. The molecule has 16 heavy (non-hydrogen) atoms. The lowest BCUT2D eigenvalue weighted by atomic mass is 10.2. The van der Waals surface area contributed by atoms with E-state index in [0.717, 1.165) is 11.4 Å². The van der Waals surface area contributed by atoms with Gasteiger partial charge in [0.25, 0.3) is 0 Å². The van der Waals surface area contributed by atoms with Crippen LogP contribution in [0.2, 0.25) is 0 Å². The molecule has 0 unspecified atom stereocenters. The monoisotopic (exact) mass is 210 g/mol. The number of hydrogen-bond acceptors (Lipinski definition) is 3. The third kappa shape index (κ3) is 1.38. The SMILES string of the molecule is C1=CC(n2ncnc2-c2ccccc2)=N[N]1. The molecule has 0 aliphatic carbocycles. The third-order valence-electron chi connectivity index (χ3n) is 2.25. The van der Waals surface area contributed by atoms with Gasteiger partial charge in [0, 0.05) is 11.6 Å². The Balaban J connectivity index is 2.09. The molecule has 2 heterocycles. The minimum Gasteiger partial charge on any atom is -0.215 e. The first-order valence-corrected chi connectivity index (χ1v) is 4.85. The lowest BCUT2D eigenvalue weighted by molar-refractivity contribution is 0.905. The van der Waals surface area contributed by atoms with Gasteiger partial charge >= 0.3 is 0 Å². The summed E-state index contributed by atoms with van der Waals surface area (Å²) in [4.78, 5) is 4.23. The van der Waals surface area contributed by atoms with Crippen LogP contribution in [0.25, 0.3) is 11.4 Å². The predicted molar refractivity (Wildman–Crippen MR) is 59.6 cm³/mol. The molecular weight excluding hydrogens is 202 g/mol. The molecule has 1 radical (unpaired) electrons. The van der Waals surface area contributed by atoms with E-state index < -0.39 is 0 Å². The molecule has 0 N–H and O–H groups in total. The molecule has 3 rings (SSSR count). The van der Waals surface area contributed by atoms with Crippen LogP contribution in [0.3, 0.4) is 0 Å². The van der Waals surface area contributed by atoms with Gasteiger partial charge in [0.2, 0.25) is 0 Å².